The van der Waals surface area contributed by atoms with Crippen molar-refractivity contribution < 1.29 is 9.53 Å². The highest BCUT2D eigenvalue weighted by molar-refractivity contribution is 7.09. The van der Waals surface area contributed by atoms with Crippen LogP contribution in [0.1, 0.15) is 31.7 Å². The topological polar surface area (TPSA) is 42.4 Å². The van der Waals surface area contributed by atoms with E-state index in [1.165, 1.54) is 0 Å². The predicted molar refractivity (Wildman–Crippen MR) is 89.6 cm³/mol. The van der Waals surface area contributed by atoms with Crippen molar-refractivity contribution >= 4 is 22.9 Å². The number of unbranched alkanes of at least 4 members (excludes halogenated alkanes) is 1. The molecule has 1 amide bonds. The van der Waals surface area contributed by atoms with Crippen LogP contribution in [-0.2, 0) is 4.79 Å². The second kappa shape index (κ2) is 6.08. The first-order valence-electron chi connectivity index (χ1n) is 7.64. The molecule has 0 saturated carbocycles. The molecule has 1 aromatic carbocycles. The van der Waals surface area contributed by atoms with Crippen LogP contribution in [0.4, 0.5) is 5.69 Å². The van der Waals surface area contributed by atoms with E-state index in [9.17, 15) is 4.79 Å². The van der Waals surface area contributed by atoms with Crippen molar-refractivity contribution in [3.05, 3.63) is 28.6 Å². The molecule has 5 heteroatoms. The molecule has 0 N–H and O–H groups in total. The highest BCUT2D eigenvalue weighted by atomic mass is 32.1. The number of nitrogens with zero attached hydrogens (tertiary/aromatic N) is 2. The number of ether oxygens (including phenoxy) is 1. The first-order chi connectivity index (χ1) is 10.6. The molecule has 0 radical (unpaired) electrons. The third kappa shape index (κ3) is 2.73. The lowest BCUT2D eigenvalue weighted by molar-refractivity contribution is -0.125. The van der Waals surface area contributed by atoms with Gasteiger partial charge >= 0.3 is 0 Å². The smallest absolute Gasteiger partial charge is 0.267 e. The maximum atomic E-state index is 12.4. The van der Waals surface area contributed by atoms with Crippen molar-refractivity contribution in [3.8, 4) is 17.0 Å². The van der Waals surface area contributed by atoms with Crippen LogP contribution in [0, 0.1) is 6.92 Å². The quantitative estimate of drug-likeness (QED) is 0.855. The molecule has 1 aromatic heterocycles. The standard InChI is InChI=1S/C17H20N2O2S/c1-4-5-8-19-15-9-13(14-10-22-12(3)18-14)6-7-16(15)21-11(2)17(19)20/h6-7,9-11H,4-5,8H2,1-3H3. The van der Waals surface area contributed by atoms with E-state index in [1.54, 1.807) is 11.3 Å². The van der Waals surface area contributed by atoms with E-state index in [4.69, 9.17) is 4.74 Å². The Morgan fingerprint density at radius 2 is 2.23 bits per heavy atom. The molecule has 4 nitrogen and oxygen atoms in total. The van der Waals surface area contributed by atoms with Crippen LogP contribution in [0.2, 0.25) is 0 Å². The molecule has 3 rings (SSSR count). The van der Waals surface area contributed by atoms with Crippen LogP contribution >= 0.6 is 11.3 Å². The Balaban J connectivity index is 2.01. The summed E-state index contributed by atoms with van der Waals surface area (Å²) in [7, 11) is 0. The molecular weight excluding hydrogens is 296 g/mol. The van der Waals surface area contributed by atoms with Crippen molar-refractivity contribution in [2.75, 3.05) is 11.4 Å². The van der Waals surface area contributed by atoms with Gasteiger partial charge in [-0.1, -0.05) is 13.3 Å². The number of benzene rings is 1. The van der Waals surface area contributed by atoms with Gasteiger partial charge in [0.25, 0.3) is 5.91 Å². The molecule has 1 unspecified atom stereocenters. The van der Waals surface area contributed by atoms with E-state index >= 15 is 0 Å². The molecule has 1 atom stereocenters. The molecule has 116 valence electrons. The van der Waals surface area contributed by atoms with Gasteiger partial charge in [0, 0.05) is 17.5 Å². The SMILES string of the molecule is CCCCN1C(=O)C(C)Oc2ccc(-c3csc(C)n3)cc21. The molecule has 22 heavy (non-hydrogen) atoms. The molecule has 2 heterocycles. The second-order valence-corrected chi connectivity index (χ2v) is 6.60. The third-order valence-corrected chi connectivity index (χ3v) is 4.59. The van der Waals surface area contributed by atoms with Gasteiger partial charge < -0.3 is 9.64 Å². The Morgan fingerprint density at radius 1 is 1.41 bits per heavy atom. The van der Waals surface area contributed by atoms with Crippen molar-refractivity contribution in [1.82, 2.24) is 4.98 Å². The van der Waals surface area contributed by atoms with Gasteiger partial charge in [-0.3, -0.25) is 4.79 Å². The average Bonchev–Trinajstić information content (AvgIpc) is 2.94. The van der Waals surface area contributed by atoms with Crippen LogP contribution in [0.5, 0.6) is 5.75 Å². The van der Waals surface area contributed by atoms with Crippen molar-refractivity contribution in [2.24, 2.45) is 0 Å². The van der Waals surface area contributed by atoms with Gasteiger partial charge in [0.1, 0.15) is 5.75 Å². The molecule has 0 aliphatic carbocycles. The fraction of sp³-hybridized carbons (Fsp3) is 0.412. The Kier molecular flexibility index (Phi) is 4.16. The Hall–Kier alpha value is -1.88. The normalized spacial score (nSPS) is 17.3. The highest BCUT2D eigenvalue weighted by Crippen LogP contribution is 2.37. The van der Waals surface area contributed by atoms with E-state index in [1.807, 2.05) is 42.3 Å². The summed E-state index contributed by atoms with van der Waals surface area (Å²) in [5.41, 5.74) is 2.84. The van der Waals surface area contributed by atoms with E-state index in [0.29, 0.717) is 0 Å². The van der Waals surface area contributed by atoms with Gasteiger partial charge in [0.2, 0.25) is 0 Å². The number of amides is 1. The van der Waals surface area contributed by atoms with Gasteiger partial charge in [0.05, 0.1) is 16.4 Å². The summed E-state index contributed by atoms with van der Waals surface area (Å²) in [4.78, 5) is 18.8. The summed E-state index contributed by atoms with van der Waals surface area (Å²) in [5, 5.41) is 3.08. The zero-order valence-corrected chi connectivity index (χ0v) is 13.9. The Bertz CT molecular complexity index is 696. The number of hydrogen-bond donors (Lipinski definition) is 0. The summed E-state index contributed by atoms with van der Waals surface area (Å²) in [6.07, 6.45) is 1.62. The summed E-state index contributed by atoms with van der Waals surface area (Å²) in [6, 6.07) is 5.97. The van der Waals surface area contributed by atoms with Crippen LogP contribution in [-0.4, -0.2) is 23.5 Å². The molecule has 0 fully saturated rings. The Morgan fingerprint density at radius 3 is 2.91 bits per heavy atom. The van der Waals surface area contributed by atoms with Crippen molar-refractivity contribution in [1.29, 1.82) is 0 Å². The van der Waals surface area contributed by atoms with Crippen molar-refractivity contribution in [2.45, 2.75) is 39.7 Å². The number of carbonyl (C=O) groups excluding carboxylic acids is 1. The largest absolute Gasteiger partial charge is 0.479 e. The van der Waals surface area contributed by atoms with Gasteiger partial charge in [-0.25, -0.2) is 4.98 Å². The molecular formula is C17H20N2O2S. The number of carbonyl (C=O) groups is 1. The molecule has 1 aliphatic heterocycles. The second-order valence-electron chi connectivity index (χ2n) is 5.54. The zero-order chi connectivity index (χ0) is 15.7. The zero-order valence-electron chi connectivity index (χ0n) is 13.1. The number of rotatable bonds is 4. The molecule has 0 spiro atoms. The summed E-state index contributed by atoms with van der Waals surface area (Å²) >= 11 is 1.63. The number of hydrogen-bond acceptors (Lipinski definition) is 4. The Labute approximate surface area is 134 Å². The van der Waals surface area contributed by atoms with Crippen LogP contribution in [0.3, 0.4) is 0 Å². The minimum atomic E-state index is -0.420. The fourth-order valence-corrected chi connectivity index (χ4v) is 3.23. The van der Waals surface area contributed by atoms with Gasteiger partial charge in [-0.2, -0.15) is 0 Å². The molecule has 0 bridgehead atoms. The first-order valence-corrected chi connectivity index (χ1v) is 8.52. The van der Waals surface area contributed by atoms with E-state index in [2.05, 4.69) is 11.9 Å². The lowest BCUT2D eigenvalue weighted by Crippen LogP contribution is -2.44. The van der Waals surface area contributed by atoms with Gasteiger partial charge in [-0.15, -0.1) is 11.3 Å². The van der Waals surface area contributed by atoms with Crippen LogP contribution in [0.25, 0.3) is 11.3 Å². The van der Waals surface area contributed by atoms with Gasteiger partial charge in [-0.05, 0) is 38.5 Å². The molecule has 1 aliphatic rings. The monoisotopic (exact) mass is 316 g/mol. The number of fused-ring (bicyclic) bond motifs is 1. The minimum Gasteiger partial charge on any atom is -0.479 e. The van der Waals surface area contributed by atoms with Crippen LogP contribution < -0.4 is 9.64 Å². The van der Waals surface area contributed by atoms with Crippen molar-refractivity contribution in [3.63, 3.8) is 0 Å². The summed E-state index contributed by atoms with van der Waals surface area (Å²) < 4.78 is 5.74. The third-order valence-electron chi connectivity index (χ3n) is 3.82. The number of thiazole rings is 1. The molecule has 0 saturated heterocycles. The maximum Gasteiger partial charge on any atom is 0.267 e. The lowest BCUT2D eigenvalue weighted by Gasteiger charge is -2.33. The number of aryl methyl sites for hydroxylation is 1. The number of anilines is 1. The van der Waals surface area contributed by atoms with Gasteiger partial charge in [0.15, 0.2) is 6.10 Å². The predicted octanol–water partition coefficient (Wildman–Crippen LogP) is 4.03. The molecule has 2 aromatic rings. The minimum absolute atomic E-state index is 0.0348. The first kappa shape index (κ1) is 15.0. The maximum absolute atomic E-state index is 12.4. The number of aromatic nitrogens is 1. The van der Waals surface area contributed by atoms with E-state index < -0.39 is 6.10 Å². The van der Waals surface area contributed by atoms with E-state index in [-0.39, 0.29) is 5.91 Å². The fourth-order valence-electron chi connectivity index (χ4n) is 2.61. The highest BCUT2D eigenvalue weighted by Gasteiger charge is 2.31. The average molecular weight is 316 g/mol. The lowest BCUT2D eigenvalue weighted by atomic mass is 10.1. The van der Waals surface area contributed by atoms with Crippen LogP contribution in [0.15, 0.2) is 23.6 Å². The summed E-state index contributed by atoms with van der Waals surface area (Å²) in [5.74, 6) is 0.812. The van der Waals surface area contributed by atoms with E-state index in [0.717, 1.165) is 47.1 Å². The summed E-state index contributed by atoms with van der Waals surface area (Å²) in [6.45, 7) is 6.66.